The zero-order chi connectivity index (χ0) is 10.6. The van der Waals surface area contributed by atoms with Crippen LogP contribution in [0.25, 0.3) is 0 Å². The molecule has 0 aromatic rings. The molecule has 0 radical (unpaired) electrons. The highest BCUT2D eigenvalue weighted by atomic mass is 16.1. The lowest BCUT2D eigenvalue weighted by Gasteiger charge is -2.29. The normalized spacial score (nSPS) is 23.4. The summed E-state index contributed by atoms with van der Waals surface area (Å²) in [5.74, 6) is -0.298. The van der Waals surface area contributed by atoms with Crippen LogP contribution in [-0.4, -0.2) is 30.6 Å². The standard InChI is InChI=1S/C10H21N3O/c1-10(2,9(11)14)13-7-8-5-3-4-6-12-8/h8,12-13H,3-7H2,1-2H3,(H2,11,14). The molecule has 0 aliphatic carbocycles. The number of nitrogens with one attached hydrogen (secondary N) is 2. The number of carbonyl (C=O) groups is 1. The zero-order valence-electron chi connectivity index (χ0n) is 9.10. The molecule has 4 nitrogen and oxygen atoms in total. The number of amides is 1. The van der Waals surface area contributed by atoms with E-state index in [1.807, 2.05) is 13.8 Å². The fraction of sp³-hybridized carbons (Fsp3) is 0.900. The number of carbonyl (C=O) groups excluding carboxylic acids is 1. The van der Waals surface area contributed by atoms with Crippen LogP contribution in [0.3, 0.4) is 0 Å². The zero-order valence-corrected chi connectivity index (χ0v) is 9.10. The highest BCUT2D eigenvalue weighted by Gasteiger charge is 2.25. The van der Waals surface area contributed by atoms with Crippen molar-refractivity contribution in [2.75, 3.05) is 13.1 Å². The van der Waals surface area contributed by atoms with E-state index in [1.54, 1.807) is 0 Å². The van der Waals surface area contributed by atoms with E-state index in [-0.39, 0.29) is 5.91 Å². The lowest BCUT2D eigenvalue weighted by Crippen LogP contribution is -2.55. The highest BCUT2D eigenvalue weighted by molar-refractivity contribution is 5.83. The molecule has 1 atom stereocenters. The smallest absolute Gasteiger partial charge is 0.237 e. The lowest BCUT2D eigenvalue weighted by atomic mass is 10.0. The van der Waals surface area contributed by atoms with Gasteiger partial charge in [-0.15, -0.1) is 0 Å². The third-order valence-corrected chi connectivity index (χ3v) is 2.82. The Hall–Kier alpha value is -0.610. The van der Waals surface area contributed by atoms with Crippen molar-refractivity contribution in [1.29, 1.82) is 0 Å². The Morgan fingerprint density at radius 3 is 2.79 bits per heavy atom. The molecule has 1 heterocycles. The monoisotopic (exact) mass is 199 g/mol. The molecule has 0 aromatic carbocycles. The topological polar surface area (TPSA) is 67.2 Å². The van der Waals surface area contributed by atoms with Gasteiger partial charge in [0.2, 0.25) is 5.91 Å². The molecule has 0 aromatic heterocycles. The number of primary amides is 1. The minimum Gasteiger partial charge on any atom is -0.368 e. The first kappa shape index (κ1) is 11.5. The summed E-state index contributed by atoms with van der Waals surface area (Å²) in [5.41, 5.74) is 4.67. The van der Waals surface area contributed by atoms with Crippen LogP contribution in [0, 0.1) is 0 Å². The second kappa shape index (κ2) is 4.75. The number of hydrogen-bond donors (Lipinski definition) is 3. The van der Waals surface area contributed by atoms with Gasteiger partial charge in [0.05, 0.1) is 5.54 Å². The molecule has 1 unspecified atom stereocenters. The van der Waals surface area contributed by atoms with Gasteiger partial charge in [0.15, 0.2) is 0 Å². The molecular weight excluding hydrogens is 178 g/mol. The summed E-state index contributed by atoms with van der Waals surface area (Å²) in [4.78, 5) is 11.0. The van der Waals surface area contributed by atoms with Gasteiger partial charge in [-0.25, -0.2) is 0 Å². The Balaban J connectivity index is 2.28. The molecule has 14 heavy (non-hydrogen) atoms. The molecule has 1 aliphatic rings. The molecule has 1 fully saturated rings. The first-order chi connectivity index (χ1) is 6.52. The quantitative estimate of drug-likeness (QED) is 0.596. The summed E-state index contributed by atoms with van der Waals surface area (Å²) in [6.45, 7) is 5.54. The van der Waals surface area contributed by atoms with E-state index >= 15 is 0 Å². The Kier molecular flexibility index (Phi) is 3.89. The molecule has 4 N–H and O–H groups in total. The van der Waals surface area contributed by atoms with Crippen molar-refractivity contribution >= 4 is 5.91 Å². The minimum absolute atomic E-state index is 0.298. The molecular formula is C10H21N3O. The second-order valence-corrected chi connectivity index (χ2v) is 4.52. The highest BCUT2D eigenvalue weighted by Crippen LogP contribution is 2.07. The number of rotatable bonds is 4. The largest absolute Gasteiger partial charge is 0.368 e. The van der Waals surface area contributed by atoms with Crippen LogP contribution in [0.1, 0.15) is 33.1 Å². The van der Waals surface area contributed by atoms with Gasteiger partial charge in [-0.05, 0) is 33.2 Å². The van der Waals surface area contributed by atoms with Crippen molar-refractivity contribution in [1.82, 2.24) is 10.6 Å². The van der Waals surface area contributed by atoms with E-state index in [1.165, 1.54) is 19.3 Å². The summed E-state index contributed by atoms with van der Waals surface area (Å²) in [6.07, 6.45) is 3.72. The summed E-state index contributed by atoms with van der Waals surface area (Å²) >= 11 is 0. The van der Waals surface area contributed by atoms with E-state index in [0.29, 0.717) is 6.04 Å². The van der Waals surface area contributed by atoms with E-state index in [0.717, 1.165) is 13.1 Å². The second-order valence-electron chi connectivity index (χ2n) is 4.52. The van der Waals surface area contributed by atoms with Crippen LogP contribution in [0.2, 0.25) is 0 Å². The van der Waals surface area contributed by atoms with Gasteiger partial charge in [-0.3, -0.25) is 4.79 Å². The molecule has 0 spiro atoms. The molecule has 4 heteroatoms. The minimum atomic E-state index is -0.598. The number of piperidine rings is 1. The van der Waals surface area contributed by atoms with Crippen LogP contribution in [0.5, 0.6) is 0 Å². The van der Waals surface area contributed by atoms with Crippen molar-refractivity contribution in [3.8, 4) is 0 Å². The summed E-state index contributed by atoms with van der Waals surface area (Å²) in [7, 11) is 0. The van der Waals surface area contributed by atoms with Crippen LogP contribution in [-0.2, 0) is 4.79 Å². The van der Waals surface area contributed by atoms with Gasteiger partial charge in [0, 0.05) is 12.6 Å². The van der Waals surface area contributed by atoms with Gasteiger partial charge in [0.25, 0.3) is 0 Å². The van der Waals surface area contributed by atoms with E-state index in [9.17, 15) is 4.79 Å². The van der Waals surface area contributed by atoms with Crippen molar-refractivity contribution in [2.24, 2.45) is 5.73 Å². The van der Waals surface area contributed by atoms with Gasteiger partial charge >= 0.3 is 0 Å². The van der Waals surface area contributed by atoms with Crippen LogP contribution < -0.4 is 16.4 Å². The lowest BCUT2D eigenvalue weighted by molar-refractivity contribution is -0.123. The number of hydrogen-bond acceptors (Lipinski definition) is 3. The molecule has 1 saturated heterocycles. The van der Waals surface area contributed by atoms with Crippen LogP contribution in [0.4, 0.5) is 0 Å². The maximum atomic E-state index is 11.0. The molecule has 82 valence electrons. The molecule has 1 rings (SSSR count). The molecule has 1 aliphatic heterocycles. The first-order valence-electron chi connectivity index (χ1n) is 5.31. The van der Waals surface area contributed by atoms with E-state index < -0.39 is 5.54 Å². The molecule has 0 saturated carbocycles. The summed E-state index contributed by atoms with van der Waals surface area (Å²) < 4.78 is 0. The Labute approximate surface area is 85.6 Å². The Morgan fingerprint density at radius 2 is 2.29 bits per heavy atom. The van der Waals surface area contributed by atoms with Gasteiger partial charge in [-0.1, -0.05) is 6.42 Å². The number of nitrogens with two attached hydrogens (primary N) is 1. The third kappa shape index (κ3) is 3.27. The molecule has 1 amide bonds. The van der Waals surface area contributed by atoms with Crippen molar-refractivity contribution in [2.45, 2.75) is 44.7 Å². The Bertz CT molecular complexity index is 198. The van der Waals surface area contributed by atoms with Gasteiger partial charge in [0.1, 0.15) is 0 Å². The van der Waals surface area contributed by atoms with Crippen molar-refractivity contribution < 1.29 is 4.79 Å². The maximum Gasteiger partial charge on any atom is 0.237 e. The first-order valence-corrected chi connectivity index (χ1v) is 5.31. The van der Waals surface area contributed by atoms with Gasteiger partial charge < -0.3 is 16.4 Å². The third-order valence-electron chi connectivity index (χ3n) is 2.82. The van der Waals surface area contributed by atoms with Gasteiger partial charge in [-0.2, -0.15) is 0 Å². The van der Waals surface area contributed by atoms with Crippen LogP contribution >= 0.6 is 0 Å². The van der Waals surface area contributed by atoms with E-state index in [2.05, 4.69) is 10.6 Å². The Morgan fingerprint density at radius 1 is 1.57 bits per heavy atom. The van der Waals surface area contributed by atoms with E-state index in [4.69, 9.17) is 5.73 Å². The van der Waals surface area contributed by atoms with Crippen molar-refractivity contribution in [3.63, 3.8) is 0 Å². The SMILES string of the molecule is CC(C)(NCC1CCCCN1)C(N)=O. The molecule has 0 bridgehead atoms. The average Bonchev–Trinajstić information content (AvgIpc) is 2.16. The maximum absolute atomic E-state index is 11.0. The predicted octanol–water partition coefficient (Wildman–Crippen LogP) is -0.0180. The summed E-state index contributed by atoms with van der Waals surface area (Å²) in [5, 5.41) is 6.61. The average molecular weight is 199 g/mol. The fourth-order valence-corrected chi connectivity index (χ4v) is 1.56. The summed E-state index contributed by atoms with van der Waals surface area (Å²) in [6, 6.07) is 0.488. The predicted molar refractivity (Wildman–Crippen MR) is 56.9 cm³/mol. The van der Waals surface area contributed by atoms with Crippen LogP contribution in [0.15, 0.2) is 0 Å². The fourth-order valence-electron chi connectivity index (χ4n) is 1.56. The van der Waals surface area contributed by atoms with Crippen molar-refractivity contribution in [3.05, 3.63) is 0 Å².